The van der Waals surface area contributed by atoms with Gasteiger partial charge in [0.1, 0.15) is 18.3 Å². The first-order chi connectivity index (χ1) is 16.0. The van der Waals surface area contributed by atoms with Crippen molar-refractivity contribution in [3.05, 3.63) is 24.2 Å². The van der Waals surface area contributed by atoms with Crippen LogP contribution in [0.25, 0.3) is 0 Å². The van der Waals surface area contributed by atoms with Crippen LogP contribution in [0.15, 0.2) is 23.0 Å². The van der Waals surface area contributed by atoms with E-state index in [4.69, 9.17) is 23.4 Å². The fourth-order valence-corrected chi connectivity index (χ4v) is 9.62. The molecule has 34 heavy (non-hydrogen) atoms. The first kappa shape index (κ1) is 21.4. The number of ether oxygens (including phenoxy) is 4. The molecule has 5 heterocycles. The van der Waals surface area contributed by atoms with E-state index >= 15 is 0 Å². The number of cyclic esters (lactones) is 2. The molecule has 7 rings (SSSR count). The first-order valence-electron chi connectivity index (χ1n) is 12.4. The molecule has 1 aromatic rings. The average Bonchev–Trinajstić information content (AvgIpc) is 3.26. The van der Waals surface area contributed by atoms with Crippen LogP contribution in [0.1, 0.15) is 65.0 Å². The molecule has 6 fully saturated rings. The predicted octanol–water partition coefficient (Wildman–Crippen LogP) is 2.93. The lowest BCUT2D eigenvalue weighted by Gasteiger charge is -2.67. The van der Waals surface area contributed by atoms with Crippen LogP contribution in [-0.4, -0.2) is 53.2 Å². The van der Waals surface area contributed by atoms with Gasteiger partial charge < -0.3 is 28.5 Å². The molecule has 2 saturated carbocycles. The molecule has 10 atom stereocenters. The molecule has 0 amide bonds. The first-order valence-corrected chi connectivity index (χ1v) is 12.4. The van der Waals surface area contributed by atoms with Crippen molar-refractivity contribution in [3.8, 4) is 0 Å². The van der Waals surface area contributed by atoms with E-state index in [1.54, 1.807) is 12.5 Å². The Kier molecular flexibility index (Phi) is 3.82. The van der Waals surface area contributed by atoms with Crippen molar-refractivity contribution in [2.75, 3.05) is 6.61 Å². The Morgan fingerprint density at radius 2 is 1.85 bits per heavy atom. The van der Waals surface area contributed by atoms with E-state index < -0.39 is 45.8 Å². The fourth-order valence-electron chi connectivity index (χ4n) is 9.62. The number of aliphatic hydroxyl groups excluding tert-OH is 1. The number of carbonyl (C=O) groups is 2. The minimum Gasteiger partial charge on any atom is -0.472 e. The molecule has 0 radical (unpaired) electrons. The van der Waals surface area contributed by atoms with Gasteiger partial charge in [-0.2, -0.15) is 0 Å². The number of hydrogen-bond acceptors (Lipinski definition) is 8. The molecule has 2 spiro atoms. The second-order valence-electron chi connectivity index (χ2n) is 12.4. The summed E-state index contributed by atoms with van der Waals surface area (Å²) >= 11 is 0. The number of rotatable bonds is 1. The molecule has 4 saturated heterocycles. The average molecular weight is 473 g/mol. The third kappa shape index (κ3) is 2.07. The standard InChI is InChI=1S/C26H32O8/c1-22(2)15-9-16(27)24(4)14(25(15)12-31-18(28)10-17(25)33-22)5-7-23(3)19(13-6-8-30-11-13)32-21(29)20-26(23,24)34-20/h6,8,11,14-17,19-20,27H,5,7,9-10,12H2,1-4H3/t14-,15-,16-,17-,19-,20+,23-,24-,25+,26+/m0/s1. The summed E-state index contributed by atoms with van der Waals surface area (Å²) in [5, 5.41) is 11.9. The van der Waals surface area contributed by atoms with Crippen LogP contribution >= 0.6 is 0 Å². The zero-order valence-electron chi connectivity index (χ0n) is 20.0. The second kappa shape index (κ2) is 6.08. The highest BCUT2D eigenvalue weighted by molar-refractivity contribution is 5.82. The molecule has 0 bridgehead atoms. The van der Waals surface area contributed by atoms with Gasteiger partial charge in [-0.05, 0) is 45.1 Å². The van der Waals surface area contributed by atoms with E-state index in [1.165, 1.54) is 0 Å². The highest BCUT2D eigenvalue weighted by Crippen LogP contribution is 2.80. The summed E-state index contributed by atoms with van der Waals surface area (Å²) < 4.78 is 30.0. The summed E-state index contributed by atoms with van der Waals surface area (Å²) in [6.07, 6.45) is 3.27. The maximum atomic E-state index is 13.2. The molecular weight excluding hydrogens is 440 g/mol. The summed E-state index contributed by atoms with van der Waals surface area (Å²) in [4.78, 5) is 25.5. The molecule has 0 aromatic carbocycles. The number of epoxide rings is 1. The molecule has 2 aliphatic carbocycles. The van der Waals surface area contributed by atoms with Crippen molar-refractivity contribution in [3.63, 3.8) is 0 Å². The Morgan fingerprint density at radius 1 is 1.06 bits per heavy atom. The molecule has 1 N–H and O–H groups in total. The lowest BCUT2D eigenvalue weighted by Crippen LogP contribution is -2.73. The minimum absolute atomic E-state index is 0.0318. The van der Waals surface area contributed by atoms with Gasteiger partial charge in [-0.3, -0.25) is 4.79 Å². The van der Waals surface area contributed by atoms with Gasteiger partial charge >= 0.3 is 11.9 Å². The van der Waals surface area contributed by atoms with Gasteiger partial charge in [0.25, 0.3) is 0 Å². The maximum absolute atomic E-state index is 13.2. The zero-order valence-corrected chi connectivity index (χ0v) is 20.0. The monoisotopic (exact) mass is 472 g/mol. The van der Waals surface area contributed by atoms with Crippen LogP contribution in [-0.2, 0) is 28.5 Å². The second-order valence-corrected chi connectivity index (χ2v) is 12.4. The molecule has 1 aromatic heterocycles. The number of hydrogen-bond donors (Lipinski definition) is 1. The third-order valence-electron chi connectivity index (χ3n) is 11.0. The number of carbonyl (C=O) groups excluding carboxylic acids is 2. The van der Waals surface area contributed by atoms with Gasteiger partial charge in [0.05, 0.1) is 36.8 Å². The Labute approximate surface area is 198 Å². The van der Waals surface area contributed by atoms with Gasteiger partial charge in [0, 0.05) is 27.7 Å². The highest BCUT2D eigenvalue weighted by Gasteiger charge is 2.89. The zero-order chi connectivity index (χ0) is 23.9. The quantitative estimate of drug-likeness (QED) is 0.491. The van der Waals surface area contributed by atoms with Crippen molar-refractivity contribution in [1.82, 2.24) is 0 Å². The van der Waals surface area contributed by atoms with Crippen LogP contribution < -0.4 is 0 Å². The number of furan rings is 1. The molecule has 8 heteroatoms. The van der Waals surface area contributed by atoms with Crippen LogP contribution in [0.4, 0.5) is 0 Å². The maximum Gasteiger partial charge on any atom is 0.339 e. The Bertz CT molecular complexity index is 1080. The van der Waals surface area contributed by atoms with Crippen molar-refractivity contribution >= 4 is 11.9 Å². The lowest BCUT2D eigenvalue weighted by atomic mass is 9.36. The summed E-state index contributed by atoms with van der Waals surface area (Å²) in [5.41, 5.74) is -2.27. The number of fused-ring (bicyclic) bond motifs is 1. The molecule has 8 nitrogen and oxygen atoms in total. The van der Waals surface area contributed by atoms with Crippen molar-refractivity contribution in [1.29, 1.82) is 0 Å². The summed E-state index contributed by atoms with van der Waals surface area (Å²) in [5.74, 6) is -0.625. The SMILES string of the molecule is CC1(C)O[C@H]2CC(=O)OC[C@]23[C@H]2CC[C@@]4(C)[C@H](c5ccoc5)OC(=O)[C@H]5O[C@]54[C@]2(C)[C@@H](O)C[C@@H]13. The van der Waals surface area contributed by atoms with E-state index in [9.17, 15) is 14.7 Å². The normalized spacial score (nSPS) is 54.5. The number of esters is 2. The largest absolute Gasteiger partial charge is 0.472 e. The van der Waals surface area contributed by atoms with Gasteiger partial charge in [-0.25, -0.2) is 4.79 Å². The Hall–Kier alpha value is -1.90. The summed E-state index contributed by atoms with van der Waals surface area (Å²) in [6.45, 7) is 8.63. The van der Waals surface area contributed by atoms with Crippen LogP contribution in [0.5, 0.6) is 0 Å². The fraction of sp³-hybridized carbons (Fsp3) is 0.769. The highest BCUT2D eigenvalue weighted by atomic mass is 16.7. The van der Waals surface area contributed by atoms with Crippen molar-refractivity contribution in [2.45, 2.75) is 89.0 Å². The van der Waals surface area contributed by atoms with E-state index in [-0.39, 0.29) is 42.9 Å². The van der Waals surface area contributed by atoms with Gasteiger partial charge in [-0.1, -0.05) is 13.8 Å². The van der Waals surface area contributed by atoms with E-state index in [0.717, 1.165) is 18.4 Å². The van der Waals surface area contributed by atoms with Crippen LogP contribution in [0, 0.1) is 28.1 Å². The van der Waals surface area contributed by atoms with E-state index in [1.807, 2.05) is 6.07 Å². The molecule has 4 aliphatic heterocycles. The van der Waals surface area contributed by atoms with Crippen LogP contribution in [0.2, 0.25) is 0 Å². The molecular formula is C26H32O8. The molecule has 184 valence electrons. The molecule has 6 aliphatic rings. The van der Waals surface area contributed by atoms with Gasteiger partial charge in [0.15, 0.2) is 6.10 Å². The summed E-state index contributed by atoms with van der Waals surface area (Å²) in [6, 6.07) is 1.84. The smallest absolute Gasteiger partial charge is 0.339 e. The lowest BCUT2D eigenvalue weighted by molar-refractivity contribution is -0.261. The van der Waals surface area contributed by atoms with Gasteiger partial charge in [-0.15, -0.1) is 0 Å². The number of aliphatic hydroxyl groups is 1. The Morgan fingerprint density at radius 3 is 2.59 bits per heavy atom. The van der Waals surface area contributed by atoms with Crippen LogP contribution in [0.3, 0.4) is 0 Å². The van der Waals surface area contributed by atoms with E-state index in [0.29, 0.717) is 6.42 Å². The third-order valence-corrected chi connectivity index (χ3v) is 11.0. The van der Waals surface area contributed by atoms with Gasteiger partial charge in [0.2, 0.25) is 0 Å². The van der Waals surface area contributed by atoms with Crippen molar-refractivity contribution in [2.24, 2.45) is 28.1 Å². The minimum atomic E-state index is -0.877. The van der Waals surface area contributed by atoms with Crippen molar-refractivity contribution < 1.29 is 38.1 Å². The molecule has 0 unspecified atom stereocenters. The summed E-state index contributed by atoms with van der Waals surface area (Å²) in [7, 11) is 0. The predicted molar refractivity (Wildman–Crippen MR) is 115 cm³/mol. The Balaban J connectivity index is 1.40. The topological polar surface area (TPSA) is 108 Å². The van der Waals surface area contributed by atoms with E-state index in [2.05, 4.69) is 27.7 Å².